The highest BCUT2D eigenvalue weighted by Crippen LogP contribution is 2.46. The highest BCUT2D eigenvalue weighted by atomic mass is 79.9. The fourth-order valence-corrected chi connectivity index (χ4v) is 6.68. The first-order chi connectivity index (χ1) is 17.8. The number of methoxy groups -OCH3 is 1. The first-order valence-electron chi connectivity index (χ1n) is 13.3. The van der Waals surface area contributed by atoms with Crippen molar-refractivity contribution in [2.24, 2.45) is 17.3 Å². The number of hydrogen-bond acceptors (Lipinski definition) is 8. The van der Waals surface area contributed by atoms with Gasteiger partial charge >= 0.3 is 5.97 Å². The molecule has 2 aromatic heterocycles. The number of nitrogens with zero attached hydrogens (tertiary/aromatic N) is 7. The molecule has 3 aromatic rings. The van der Waals surface area contributed by atoms with Gasteiger partial charge < -0.3 is 14.5 Å². The van der Waals surface area contributed by atoms with E-state index in [1.165, 1.54) is 20.0 Å². The zero-order valence-electron chi connectivity index (χ0n) is 21.7. The Labute approximate surface area is 225 Å². The number of likely N-dealkylation sites (tertiary alicyclic amines) is 1. The van der Waals surface area contributed by atoms with Gasteiger partial charge in [0.05, 0.1) is 24.8 Å². The maximum absolute atomic E-state index is 12.1. The fourth-order valence-electron chi connectivity index (χ4n) is 6.41. The Bertz CT molecular complexity index is 1280. The first-order valence-corrected chi connectivity index (χ1v) is 14.0. The van der Waals surface area contributed by atoms with E-state index >= 15 is 0 Å². The molecule has 1 aromatic carbocycles. The summed E-state index contributed by atoms with van der Waals surface area (Å²) in [6, 6.07) is 8.80. The average molecular weight is 569 g/mol. The summed E-state index contributed by atoms with van der Waals surface area (Å²) in [5.41, 5.74) is 2.34. The van der Waals surface area contributed by atoms with Crippen molar-refractivity contribution in [3.63, 3.8) is 0 Å². The second kappa shape index (κ2) is 9.62. The zero-order chi connectivity index (χ0) is 25.7. The van der Waals surface area contributed by atoms with Crippen LogP contribution in [0.15, 0.2) is 34.9 Å². The zero-order valence-corrected chi connectivity index (χ0v) is 23.3. The van der Waals surface area contributed by atoms with E-state index in [-0.39, 0.29) is 17.4 Å². The maximum atomic E-state index is 12.1. The van der Waals surface area contributed by atoms with Crippen LogP contribution < -0.4 is 4.90 Å². The molecule has 1 saturated carbocycles. The van der Waals surface area contributed by atoms with Crippen molar-refractivity contribution < 1.29 is 9.53 Å². The Kier molecular flexibility index (Phi) is 6.43. The molecule has 3 aliphatic rings. The predicted molar refractivity (Wildman–Crippen MR) is 144 cm³/mol. The van der Waals surface area contributed by atoms with Gasteiger partial charge in [-0.05, 0) is 75.6 Å². The molecular formula is C27H34BrN7O2. The molecule has 37 heavy (non-hydrogen) atoms. The van der Waals surface area contributed by atoms with E-state index in [0.29, 0.717) is 23.4 Å². The molecule has 2 saturated heterocycles. The number of hydrogen-bond donors (Lipinski definition) is 0. The molecular weight excluding hydrogens is 534 g/mol. The standard InChI is InChI=1S/C27H34BrN7O2/c1-17(18-6-8-21(28)9-7-18)35-24-23(31-32-35)13-29-26(30-24)34-15-20(16-34)19-5-4-10-33(14-19)22-11-27(2,12-22)25(36)37-3/h6-9,13,17,19-20,22H,4-5,10-12,14-16H2,1-3H3/t17-,19+,22?,27?/m1/s1. The minimum atomic E-state index is -0.300. The number of anilines is 1. The van der Waals surface area contributed by atoms with Gasteiger partial charge in [-0.2, -0.15) is 4.98 Å². The lowest BCUT2D eigenvalue weighted by molar-refractivity contribution is -0.162. The number of carbonyl (C=O) groups is 1. The lowest BCUT2D eigenvalue weighted by Crippen LogP contribution is -2.58. The van der Waals surface area contributed by atoms with Crippen LogP contribution in [0, 0.1) is 17.3 Å². The Hall–Kier alpha value is -2.59. The van der Waals surface area contributed by atoms with Crippen LogP contribution in [0.25, 0.3) is 11.2 Å². The maximum Gasteiger partial charge on any atom is 0.311 e. The number of rotatable bonds is 6. The van der Waals surface area contributed by atoms with Crippen LogP contribution in [0.1, 0.15) is 51.1 Å². The molecule has 4 heterocycles. The highest BCUT2D eigenvalue weighted by Gasteiger charge is 2.50. The lowest BCUT2D eigenvalue weighted by Gasteiger charge is -2.52. The normalized spacial score (nSPS) is 27.5. The Morgan fingerprint density at radius 2 is 1.92 bits per heavy atom. The number of piperidine rings is 1. The number of benzene rings is 1. The SMILES string of the molecule is COC(=O)C1(C)CC(N2CCC[C@H](C3CN(c4ncc5nnn([C@H](C)c6ccc(Br)cc6)c5n4)C3)C2)C1. The Morgan fingerprint density at radius 3 is 2.65 bits per heavy atom. The average Bonchev–Trinajstić information content (AvgIpc) is 3.29. The monoisotopic (exact) mass is 567 g/mol. The number of ether oxygens (including phenoxy) is 1. The summed E-state index contributed by atoms with van der Waals surface area (Å²) in [5.74, 6) is 2.03. The third kappa shape index (κ3) is 4.52. The van der Waals surface area contributed by atoms with Gasteiger partial charge in [0.1, 0.15) is 0 Å². The molecule has 9 nitrogen and oxygen atoms in total. The summed E-state index contributed by atoms with van der Waals surface area (Å²) in [4.78, 5) is 26.5. The van der Waals surface area contributed by atoms with Crippen LogP contribution >= 0.6 is 15.9 Å². The van der Waals surface area contributed by atoms with E-state index < -0.39 is 0 Å². The van der Waals surface area contributed by atoms with Gasteiger partial charge in [0.2, 0.25) is 5.95 Å². The van der Waals surface area contributed by atoms with Crippen molar-refractivity contribution in [2.75, 3.05) is 38.2 Å². The molecule has 2 aliphatic heterocycles. The fraction of sp³-hybridized carbons (Fsp3) is 0.593. The molecule has 0 radical (unpaired) electrons. The van der Waals surface area contributed by atoms with E-state index in [2.05, 4.69) is 60.1 Å². The number of esters is 1. The van der Waals surface area contributed by atoms with E-state index in [0.717, 1.165) is 60.7 Å². The number of aromatic nitrogens is 5. The largest absolute Gasteiger partial charge is 0.469 e. The van der Waals surface area contributed by atoms with Gasteiger partial charge in [-0.1, -0.05) is 33.3 Å². The van der Waals surface area contributed by atoms with Crippen molar-refractivity contribution in [1.29, 1.82) is 0 Å². The van der Waals surface area contributed by atoms with Crippen LogP contribution in [0.5, 0.6) is 0 Å². The molecule has 10 heteroatoms. The predicted octanol–water partition coefficient (Wildman–Crippen LogP) is 4.08. The van der Waals surface area contributed by atoms with Gasteiger partial charge in [0, 0.05) is 30.1 Å². The Balaban J connectivity index is 1.09. The summed E-state index contributed by atoms with van der Waals surface area (Å²) in [6.45, 7) is 8.39. The molecule has 3 fully saturated rings. The van der Waals surface area contributed by atoms with E-state index in [1.54, 1.807) is 6.20 Å². The Morgan fingerprint density at radius 1 is 1.16 bits per heavy atom. The first kappa shape index (κ1) is 24.7. The molecule has 0 spiro atoms. The third-order valence-corrected chi connectivity index (χ3v) is 9.37. The second-order valence-electron chi connectivity index (χ2n) is 11.3. The number of fused-ring (bicyclic) bond motifs is 1. The molecule has 2 atom stereocenters. The van der Waals surface area contributed by atoms with Crippen molar-refractivity contribution in [3.05, 3.63) is 40.5 Å². The van der Waals surface area contributed by atoms with Crippen molar-refractivity contribution in [3.8, 4) is 0 Å². The third-order valence-electron chi connectivity index (χ3n) is 8.84. The molecule has 0 N–H and O–H groups in total. The summed E-state index contributed by atoms with van der Waals surface area (Å²) < 4.78 is 7.96. The minimum absolute atomic E-state index is 0.0192. The van der Waals surface area contributed by atoms with Gasteiger partial charge in [-0.25, -0.2) is 9.67 Å². The molecule has 196 valence electrons. The van der Waals surface area contributed by atoms with Crippen molar-refractivity contribution in [1.82, 2.24) is 29.9 Å². The summed E-state index contributed by atoms with van der Waals surface area (Å²) in [6.07, 6.45) is 6.13. The smallest absolute Gasteiger partial charge is 0.311 e. The van der Waals surface area contributed by atoms with Crippen LogP contribution in [0.4, 0.5) is 5.95 Å². The molecule has 6 rings (SSSR count). The van der Waals surface area contributed by atoms with Crippen LogP contribution in [-0.2, 0) is 9.53 Å². The van der Waals surface area contributed by atoms with Crippen molar-refractivity contribution >= 4 is 39.0 Å². The van der Waals surface area contributed by atoms with Crippen molar-refractivity contribution in [2.45, 2.75) is 51.6 Å². The molecule has 0 bridgehead atoms. The van der Waals surface area contributed by atoms with E-state index in [1.807, 2.05) is 23.7 Å². The van der Waals surface area contributed by atoms with Gasteiger partial charge in [-0.3, -0.25) is 4.79 Å². The van der Waals surface area contributed by atoms with E-state index in [4.69, 9.17) is 9.72 Å². The summed E-state index contributed by atoms with van der Waals surface area (Å²) in [5, 5.41) is 8.70. The van der Waals surface area contributed by atoms with Crippen LogP contribution in [0.3, 0.4) is 0 Å². The van der Waals surface area contributed by atoms with Crippen LogP contribution in [0.2, 0.25) is 0 Å². The molecule has 0 amide bonds. The minimum Gasteiger partial charge on any atom is -0.469 e. The highest BCUT2D eigenvalue weighted by molar-refractivity contribution is 9.10. The van der Waals surface area contributed by atoms with E-state index in [9.17, 15) is 4.79 Å². The lowest BCUT2D eigenvalue weighted by atomic mass is 9.65. The van der Waals surface area contributed by atoms with Crippen LogP contribution in [-0.4, -0.2) is 75.2 Å². The number of halogens is 1. The molecule has 0 unspecified atom stereocenters. The van der Waals surface area contributed by atoms with Gasteiger partial charge in [0.15, 0.2) is 11.2 Å². The molecule has 1 aliphatic carbocycles. The topological polar surface area (TPSA) is 89.3 Å². The summed E-state index contributed by atoms with van der Waals surface area (Å²) in [7, 11) is 1.50. The number of carbonyl (C=O) groups excluding carboxylic acids is 1. The summed E-state index contributed by atoms with van der Waals surface area (Å²) >= 11 is 3.51. The van der Waals surface area contributed by atoms with Gasteiger partial charge in [-0.15, -0.1) is 5.10 Å². The van der Waals surface area contributed by atoms with Gasteiger partial charge in [0.25, 0.3) is 0 Å². The second-order valence-corrected chi connectivity index (χ2v) is 12.2. The quantitative estimate of drug-likeness (QED) is 0.411.